The predicted molar refractivity (Wildman–Crippen MR) is 48.5 cm³/mol. The molecule has 0 aliphatic rings. The average Bonchev–Trinajstić information content (AvgIpc) is 1.84. The molecular formula is C6H4ClFIN. The lowest BCUT2D eigenvalue weighted by Crippen LogP contribution is -1.89. The first-order valence-corrected chi connectivity index (χ1v) is 3.97. The number of nitrogens with two attached hydrogens (primary N) is 1. The number of nitrogen functional groups attached to an aromatic ring is 1. The minimum Gasteiger partial charge on any atom is -0.397 e. The third-order valence-electron chi connectivity index (χ3n) is 1.04. The van der Waals surface area contributed by atoms with Gasteiger partial charge in [0.2, 0.25) is 0 Å². The van der Waals surface area contributed by atoms with E-state index in [1.54, 1.807) is 0 Å². The van der Waals surface area contributed by atoms with Gasteiger partial charge < -0.3 is 5.73 Å². The smallest absolute Gasteiger partial charge is 0.138 e. The first-order chi connectivity index (χ1) is 4.61. The van der Waals surface area contributed by atoms with Crippen molar-refractivity contribution in [2.24, 2.45) is 0 Å². The number of hydrogen-bond acceptors (Lipinski definition) is 1. The normalized spacial score (nSPS) is 9.90. The molecule has 0 aromatic heterocycles. The van der Waals surface area contributed by atoms with Gasteiger partial charge in [-0.25, -0.2) is 4.39 Å². The van der Waals surface area contributed by atoms with Crippen LogP contribution in [0.15, 0.2) is 12.1 Å². The minimum absolute atomic E-state index is 0.262. The third kappa shape index (κ3) is 1.52. The first-order valence-electron chi connectivity index (χ1n) is 2.51. The van der Waals surface area contributed by atoms with Gasteiger partial charge in [-0.05, 0) is 34.7 Å². The fourth-order valence-electron chi connectivity index (χ4n) is 0.538. The number of benzene rings is 1. The van der Waals surface area contributed by atoms with Crippen LogP contribution < -0.4 is 5.73 Å². The summed E-state index contributed by atoms with van der Waals surface area (Å²) in [6.45, 7) is 0. The summed E-state index contributed by atoms with van der Waals surface area (Å²) in [5.41, 5.74) is 5.80. The maximum absolute atomic E-state index is 12.6. The number of rotatable bonds is 0. The molecule has 0 radical (unpaired) electrons. The van der Waals surface area contributed by atoms with Crippen LogP contribution in [0.2, 0.25) is 5.02 Å². The van der Waals surface area contributed by atoms with Crippen LogP contribution in [-0.2, 0) is 0 Å². The minimum atomic E-state index is -0.334. The van der Waals surface area contributed by atoms with E-state index in [0.29, 0.717) is 9.26 Å². The second-order valence-electron chi connectivity index (χ2n) is 1.79. The van der Waals surface area contributed by atoms with Crippen molar-refractivity contribution in [3.8, 4) is 0 Å². The third-order valence-corrected chi connectivity index (χ3v) is 2.19. The molecule has 0 saturated heterocycles. The van der Waals surface area contributed by atoms with Gasteiger partial charge in [0, 0.05) is 0 Å². The van der Waals surface area contributed by atoms with Crippen LogP contribution in [0, 0.1) is 9.39 Å². The second-order valence-corrected chi connectivity index (χ2v) is 3.36. The largest absolute Gasteiger partial charge is 0.397 e. The molecule has 4 heteroatoms. The van der Waals surface area contributed by atoms with E-state index in [9.17, 15) is 4.39 Å². The van der Waals surface area contributed by atoms with Crippen molar-refractivity contribution in [3.63, 3.8) is 0 Å². The number of halogens is 3. The summed E-state index contributed by atoms with van der Waals surface area (Å²) in [7, 11) is 0. The second kappa shape index (κ2) is 2.92. The summed E-state index contributed by atoms with van der Waals surface area (Å²) in [4.78, 5) is 0. The van der Waals surface area contributed by atoms with Crippen LogP contribution in [0.4, 0.5) is 10.1 Å². The van der Waals surface area contributed by atoms with Gasteiger partial charge in [0.25, 0.3) is 0 Å². The van der Waals surface area contributed by atoms with E-state index in [-0.39, 0.29) is 10.8 Å². The highest BCUT2D eigenvalue weighted by Crippen LogP contribution is 2.23. The van der Waals surface area contributed by atoms with Gasteiger partial charge in [0.1, 0.15) is 5.82 Å². The topological polar surface area (TPSA) is 26.0 Å². The van der Waals surface area contributed by atoms with Crippen LogP contribution in [0.5, 0.6) is 0 Å². The van der Waals surface area contributed by atoms with E-state index in [1.807, 2.05) is 22.6 Å². The standard InChI is InChI=1S/C6H4ClFIN/c7-3-1-4(8)5(9)2-6(3)10/h1-2H,10H2. The SMILES string of the molecule is Nc1cc(I)c(F)cc1Cl. The zero-order valence-corrected chi connectivity index (χ0v) is 7.78. The van der Waals surface area contributed by atoms with Crippen molar-refractivity contribution in [1.29, 1.82) is 0 Å². The highest BCUT2D eigenvalue weighted by Gasteiger charge is 2.02. The molecular weight excluding hydrogens is 267 g/mol. The van der Waals surface area contributed by atoms with E-state index in [0.717, 1.165) is 0 Å². The molecule has 1 aromatic rings. The van der Waals surface area contributed by atoms with Crippen molar-refractivity contribution in [2.75, 3.05) is 5.73 Å². The molecule has 1 nitrogen and oxygen atoms in total. The fourth-order valence-corrected chi connectivity index (χ4v) is 1.18. The predicted octanol–water partition coefficient (Wildman–Crippen LogP) is 2.67. The molecule has 0 atom stereocenters. The van der Waals surface area contributed by atoms with Crippen LogP contribution in [-0.4, -0.2) is 0 Å². The van der Waals surface area contributed by atoms with Crippen molar-refractivity contribution < 1.29 is 4.39 Å². The van der Waals surface area contributed by atoms with E-state index in [2.05, 4.69) is 0 Å². The Hall–Kier alpha value is -0.0300. The van der Waals surface area contributed by atoms with Crippen LogP contribution in [0.25, 0.3) is 0 Å². The van der Waals surface area contributed by atoms with E-state index in [1.165, 1.54) is 12.1 Å². The Labute approximate surface area is 76.5 Å². The summed E-state index contributed by atoms with van der Waals surface area (Å²) in [6.07, 6.45) is 0. The van der Waals surface area contributed by atoms with Crippen molar-refractivity contribution in [2.45, 2.75) is 0 Å². The van der Waals surface area contributed by atoms with Gasteiger partial charge in [-0.1, -0.05) is 11.6 Å². The molecule has 0 bridgehead atoms. The van der Waals surface area contributed by atoms with Gasteiger partial charge in [-0.3, -0.25) is 0 Å². The molecule has 0 aliphatic carbocycles. The van der Waals surface area contributed by atoms with Crippen LogP contribution >= 0.6 is 34.2 Å². The molecule has 0 unspecified atom stereocenters. The van der Waals surface area contributed by atoms with E-state index >= 15 is 0 Å². The van der Waals surface area contributed by atoms with Crippen molar-refractivity contribution >= 4 is 39.9 Å². The van der Waals surface area contributed by atoms with Crippen LogP contribution in [0.1, 0.15) is 0 Å². The van der Waals surface area contributed by atoms with Gasteiger partial charge in [-0.15, -0.1) is 0 Å². The van der Waals surface area contributed by atoms with E-state index in [4.69, 9.17) is 17.3 Å². The summed E-state index contributed by atoms with van der Waals surface area (Å²) in [5, 5.41) is 0.262. The Bertz CT molecular complexity index is 214. The molecule has 1 rings (SSSR count). The maximum atomic E-state index is 12.6. The zero-order valence-electron chi connectivity index (χ0n) is 4.87. The molecule has 0 saturated carbocycles. The van der Waals surface area contributed by atoms with Crippen LogP contribution in [0.3, 0.4) is 0 Å². The highest BCUT2D eigenvalue weighted by molar-refractivity contribution is 14.1. The lowest BCUT2D eigenvalue weighted by atomic mass is 10.3. The summed E-state index contributed by atoms with van der Waals surface area (Å²) in [5.74, 6) is -0.334. The molecule has 0 heterocycles. The Balaban J connectivity index is 3.28. The average molecular weight is 271 g/mol. The number of hydrogen-bond donors (Lipinski definition) is 1. The van der Waals surface area contributed by atoms with Gasteiger partial charge in [0.05, 0.1) is 14.3 Å². The lowest BCUT2D eigenvalue weighted by Gasteiger charge is -1.98. The Kier molecular flexibility index (Phi) is 2.36. The molecule has 0 fully saturated rings. The van der Waals surface area contributed by atoms with Gasteiger partial charge in [-0.2, -0.15) is 0 Å². The van der Waals surface area contributed by atoms with Gasteiger partial charge in [0.15, 0.2) is 0 Å². The lowest BCUT2D eigenvalue weighted by molar-refractivity contribution is 0.620. The summed E-state index contributed by atoms with van der Waals surface area (Å²) >= 11 is 7.37. The fraction of sp³-hybridized carbons (Fsp3) is 0. The molecule has 54 valence electrons. The Morgan fingerprint density at radius 3 is 2.60 bits per heavy atom. The Morgan fingerprint density at radius 2 is 2.10 bits per heavy atom. The van der Waals surface area contributed by atoms with Crippen molar-refractivity contribution in [3.05, 3.63) is 26.5 Å². The monoisotopic (exact) mass is 271 g/mol. The first kappa shape index (κ1) is 8.07. The van der Waals surface area contributed by atoms with Gasteiger partial charge >= 0.3 is 0 Å². The molecule has 0 aliphatic heterocycles. The van der Waals surface area contributed by atoms with Crippen molar-refractivity contribution in [1.82, 2.24) is 0 Å². The summed E-state index contributed by atoms with van der Waals surface area (Å²) in [6, 6.07) is 2.71. The zero-order chi connectivity index (χ0) is 7.72. The van der Waals surface area contributed by atoms with E-state index < -0.39 is 0 Å². The highest BCUT2D eigenvalue weighted by atomic mass is 127. The molecule has 0 amide bonds. The quantitative estimate of drug-likeness (QED) is 0.438. The molecule has 0 spiro atoms. The number of anilines is 1. The summed E-state index contributed by atoms with van der Waals surface area (Å²) < 4.78 is 13.1. The Morgan fingerprint density at radius 1 is 1.50 bits per heavy atom. The molecule has 10 heavy (non-hydrogen) atoms. The maximum Gasteiger partial charge on any atom is 0.138 e. The molecule has 2 N–H and O–H groups in total. The molecule has 1 aromatic carbocycles.